The molecule has 0 aliphatic carbocycles. The van der Waals surface area contributed by atoms with Gasteiger partial charge >= 0.3 is 5.97 Å². The summed E-state index contributed by atoms with van der Waals surface area (Å²) in [7, 11) is 1.18. The molecule has 0 aromatic heterocycles. The number of amides is 1. The molecule has 26 heavy (non-hydrogen) atoms. The highest BCUT2D eigenvalue weighted by atomic mass is 19.1. The zero-order chi connectivity index (χ0) is 19.3. The van der Waals surface area contributed by atoms with E-state index in [0.717, 1.165) is 11.6 Å². The minimum atomic E-state index is -0.765. The first-order valence-electron chi connectivity index (χ1n) is 8.30. The average molecular weight is 358 g/mol. The normalized spacial score (nSPS) is 11.6. The van der Waals surface area contributed by atoms with E-state index in [9.17, 15) is 14.0 Å². The fraction of sp³-hybridized carbons (Fsp3) is 0.300. The van der Waals surface area contributed by atoms with E-state index >= 15 is 0 Å². The molecular weight excluding hydrogens is 335 g/mol. The molecule has 0 aliphatic heterocycles. The first kappa shape index (κ1) is 19.4. The summed E-state index contributed by atoms with van der Waals surface area (Å²) in [6.07, 6.45) is 0. The minimum Gasteiger partial charge on any atom is -0.465 e. The van der Waals surface area contributed by atoms with Crippen molar-refractivity contribution in [3.05, 3.63) is 64.5 Å². The fourth-order valence-electron chi connectivity index (χ4n) is 2.49. The van der Waals surface area contributed by atoms with Crippen LogP contribution in [-0.2, 0) is 9.53 Å². The van der Waals surface area contributed by atoms with E-state index in [0.29, 0.717) is 5.69 Å². The molecule has 2 aromatic carbocycles. The standard InChI is InChI=1S/C20H23FN2O3/c1-12-5-6-15(9-13(12)2)14(3)23-19(24)11-22-16-7-8-18(21)17(10-16)20(25)26-4/h5-10,14,22H,11H2,1-4H3,(H,23,24)/t14-/m1/s1. The second kappa shape index (κ2) is 8.47. The molecule has 0 fully saturated rings. The number of halogens is 1. The molecule has 1 atom stereocenters. The smallest absolute Gasteiger partial charge is 0.340 e. The van der Waals surface area contributed by atoms with Crippen molar-refractivity contribution in [1.82, 2.24) is 5.32 Å². The largest absolute Gasteiger partial charge is 0.465 e. The number of hydrogen-bond acceptors (Lipinski definition) is 4. The quantitative estimate of drug-likeness (QED) is 0.776. The lowest BCUT2D eigenvalue weighted by molar-refractivity contribution is -0.120. The highest BCUT2D eigenvalue weighted by molar-refractivity contribution is 5.91. The topological polar surface area (TPSA) is 67.4 Å². The van der Waals surface area contributed by atoms with E-state index < -0.39 is 11.8 Å². The Balaban J connectivity index is 1.96. The number of nitrogens with one attached hydrogen (secondary N) is 2. The summed E-state index contributed by atoms with van der Waals surface area (Å²) >= 11 is 0. The van der Waals surface area contributed by atoms with Crippen LogP contribution in [-0.4, -0.2) is 25.5 Å². The van der Waals surface area contributed by atoms with Crippen molar-refractivity contribution in [2.45, 2.75) is 26.8 Å². The molecule has 5 nitrogen and oxygen atoms in total. The van der Waals surface area contributed by atoms with Crippen LogP contribution in [0, 0.1) is 19.7 Å². The Labute approximate surface area is 152 Å². The molecule has 0 bridgehead atoms. The lowest BCUT2D eigenvalue weighted by Crippen LogP contribution is -2.32. The van der Waals surface area contributed by atoms with Crippen LogP contribution in [0.1, 0.15) is 40.0 Å². The Morgan fingerprint density at radius 1 is 1.12 bits per heavy atom. The zero-order valence-corrected chi connectivity index (χ0v) is 15.4. The second-order valence-electron chi connectivity index (χ2n) is 6.17. The van der Waals surface area contributed by atoms with Gasteiger partial charge in [-0.25, -0.2) is 9.18 Å². The third kappa shape index (κ3) is 4.81. The molecule has 2 aromatic rings. The lowest BCUT2D eigenvalue weighted by Gasteiger charge is -2.16. The van der Waals surface area contributed by atoms with Crippen LogP contribution >= 0.6 is 0 Å². The zero-order valence-electron chi connectivity index (χ0n) is 15.4. The molecule has 138 valence electrons. The molecule has 0 spiro atoms. The maximum absolute atomic E-state index is 13.6. The van der Waals surface area contributed by atoms with Gasteiger partial charge in [-0.15, -0.1) is 0 Å². The first-order chi connectivity index (χ1) is 12.3. The SMILES string of the molecule is COC(=O)c1cc(NCC(=O)N[C@H](C)c2ccc(C)c(C)c2)ccc1F. The van der Waals surface area contributed by atoms with Gasteiger partial charge in [-0.1, -0.05) is 18.2 Å². The number of aryl methyl sites for hydroxylation is 2. The molecule has 0 saturated heterocycles. The van der Waals surface area contributed by atoms with Gasteiger partial charge in [-0.2, -0.15) is 0 Å². The number of methoxy groups -OCH3 is 1. The van der Waals surface area contributed by atoms with Crippen LogP contribution in [0.5, 0.6) is 0 Å². The minimum absolute atomic E-state index is 0.00142. The van der Waals surface area contributed by atoms with Crippen molar-refractivity contribution in [3.8, 4) is 0 Å². The number of ether oxygens (including phenoxy) is 1. The van der Waals surface area contributed by atoms with Gasteiger partial charge in [0.15, 0.2) is 0 Å². The van der Waals surface area contributed by atoms with Gasteiger partial charge in [-0.3, -0.25) is 4.79 Å². The van der Waals surface area contributed by atoms with Crippen LogP contribution < -0.4 is 10.6 Å². The Hall–Kier alpha value is -2.89. The summed E-state index contributed by atoms with van der Waals surface area (Å²) in [6.45, 7) is 5.98. The van der Waals surface area contributed by atoms with Gasteiger partial charge in [0.25, 0.3) is 0 Å². The van der Waals surface area contributed by atoms with E-state index in [2.05, 4.69) is 21.4 Å². The molecular formula is C20H23FN2O3. The molecule has 0 aliphatic rings. The maximum atomic E-state index is 13.6. The Morgan fingerprint density at radius 3 is 2.50 bits per heavy atom. The van der Waals surface area contributed by atoms with Crippen molar-refractivity contribution >= 4 is 17.6 Å². The Bertz CT molecular complexity index is 821. The number of rotatable bonds is 6. The second-order valence-corrected chi connectivity index (χ2v) is 6.17. The molecule has 0 saturated carbocycles. The van der Waals surface area contributed by atoms with Crippen molar-refractivity contribution in [3.63, 3.8) is 0 Å². The van der Waals surface area contributed by atoms with Gasteiger partial charge in [0.2, 0.25) is 5.91 Å². The fourth-order valence-corrected chi connectivity index (χ4v) is 2.49. The van der Waals surface area contributed by atoms with Crippen molar-refractivity contribution in [2.24, 2.45) is 0 Å². The van der Waals surface area contributed by atoms with Gasteiger partial charge < -0.3 is 15.4 Å². The van der Waals surface area contributed by atoms with Crippen LogP contribution in [0.2, 0.25) is 0 Å². The van der Waals surface area contributed by atoms with Crippen molar-refractivity contribution < 1.29 is 18.7 Å². The molecule has 0 radical (unpaired) electrons. The lowest BCUT2D eigenvalue weighted by atomic mass is 10.0. The molecule has 1 amide bonds. The van der Waals surface area contributed by atoms with Crippen molar-refractivity contribution in [1.29, 1.82) is 0 Å². The number of carbonyl (C=O) groups excluding carboxylic acids is 2. The van der Waals surface area contributed by atoms with Gasteiger partial charge in [0, 0.05) is 5.69 Å². The van der Waals surface area contributed by atoms with E-state index in [1.54, 1.807) is 0 Å². The number of carbonyl (C=O) groups is 2. The molecule has 2 N–H and O–H groups in total. The predicted molar refractivity (Wildman–Crippen MR) is 98.7 cm³/mol. The summed E-state index contributed by atoms with van der Waals surface area (Å²) in [5.41, 5.74) is 3.67. The van der Waals surface area contributed by atoms with E-state index in [1.807, 2.05) is 32.9 Å². The van der Waals surface area contributed by atoms with Gasteiger partial charge in [0.05, 0.1) is 25.3 Å². The number of esters is 1. The van der Waals surface area contributed by atoms with Crippen molar-refractivity contribution in [2.75, 3.05) is 19.0 Å². The summed E-state index contributed by atoms with van der Waals surface area (Å²) in [5, 5.41) is 5.79. The monoisotopic (exact) mass is 358 g/mol. The third-order valence-electron chi connectivity index (χ3n) is 4.23. The number of benzene rings is 2. The third-order valence-corrected chi connectivity index (χ3v) is 4.23. The van der Waals surface area contributed by atoms with E-state index in [-0.39, 0.29) is 24.1 Å². The van der Waals surface area contributed by atoms with Crippen LogP contribution in [0.25, 0.3) is 0 Å². The molecule has 0 unspecified atom stereocenters. The number of hydrogen-bond donors (Lipinski definition) is 2. The predicted octanol–water partition coefficient (Wildman–Crippen LogP) is 3.52. The van der Waals surface area contributed by atoms with Gasteiger partial charge in [-0.05, 0) is 55.7 Å². The molecule has 6 heteroatoms. The van der Waals surface area contributed by atoms with Crippen LogP contribution in [0.4, 0.5) is 10.1 Å². The average Bonchev–Trinajstić information content (AvgIpc) is 2.62. The van der Waals surface area contributed by atoms with Gasteiger partial charge in [0.1, 0.15) is 5.82 Å². The Morgan fingerprint density at radius 2 is 1.85 bits per heavy atom. The Kier molecular flexibility index (Phi) is 6.33. The molecule has 0 heterocycles. The summed E-state index contributed by atoms with van der Waals surface area (Å²) < 4.78 is 18.1. The van der Waals surface area contributed by atoms with E-state index in [4.69, 9.17) is 0 Å². The first-order valence-corrected chi connectivity index (χ1v) is 8.30. The summed E-state index contributed by atoms with van der Waals surface area (Å²) in [6, 6.07) is 9.87. The highest BCUT2D eigenvalue weighted by Gasteiger charge is 2.14. The van der Waals surface area contributed by atoms with Crippen LogP contribution in [0.3, 0.4) is 0 Å². The number of anilines is 1. The van der Waals surface area contributed by atoms with E-state index in [1.165, 1.54) is 30.4 Å². The molecule has 2 rings (SSSR count). The maximum Gasteiger partial charge on any atom is 0.340 e. The van der Waals surface area contributed by atoms with Crippen LogP contribution in [0.15, 0.2) is 36.4 Å². The summed E-state index contributed by atoms with van der Waals surface area (Å²) in [5.74, 6) is -1.64. The summed E-state index contributed by atoms with van der Waals surface area (Å²) in [4.78, 5) is 23.7. The highest BCUT2D eigenvalue weighted by Crippen LogP contribution is 2.17.